The lowest BCUT2D eigenvalue weighted by Gasteiger charge is -2.37. The molecule has 1 atom stereocenters. The average Bonchev–Trinajstić information content (AvgIpc) is 2.39. The van der Waals surface area contributed by atoms with Crippen molar-refractivity contribution in [2.45, 2.75) is 18.9 Å². The van der Waals surface area contributed by atoms with Gasteiger partial charge in [0.1, 0.15) is 5.84 Å². The molecule has 1 fully saturated rings. The maximum atomic E-state index is 8.26. The highest BCUT2D eigenvalue weighted by Crippen LogP contribution is 2.16. The highest BCUT2D eigenvalue weighted by Gasteiger charge is 2.23. The van der Waals surface area contributed by atoms with Gasteiger partial charge < -0.3 is 9.80 Å². The van der Waals surface area contributed by atoms with Crippen molar-refractivity contribution in [3.05, 3.63) is 35.9 Å². The van der Waals surface area contributed by atoms with E-state index >= 15 is 0 Å². The predicted octanol–water partition coefficient (Wildman–Crippen LogP) is 2.04. The maximum absolute atomic E-state index is 8.26. The van der Waals surface area contributed by atoms with Crippen LogP contribution < -0.4 is 0 Å². The summed E-state index contributed by atoms with van der Waals surface area (Å²) < 4.78 is 0. The van der Waals surface area contributed by atoms with E-state index in [9.17, 15) is 0 Å². The first-order valence-electron chi connectivity index (χ1n) is 6.24. The van der Waals surface area contributed by atoms with E-state index in [0.717, 1.165) is 18.7 Å². The van der Waals surface area contributed by atoms with Crippen LogP contribution in [-0.4, -0.2) is 48.9 Å². The summed E-state index contributed by atoms with van der Waals surface area (Å²) in [6.45, 7) is 1.98. The molecule has 1 saturated heterocycles. The SMILES string of the molecule is CN(C)C1CCCN(C(=N)c2ccccc2)C1. The molecule has 1 N–H and O–H groups in total. The number of piperidine rings is 1. The lowest BCUT2D eigenvalue weighted by molar-refractivity contribution is 0.184. The van der Waals surface area contributed by atoms with E-state index < -0.39 is 0 Å². The fraction of sp³-hybridized carbons (Fsp3) is 0.500. The zero-order valence-electron chi connectivity index (χ0n) is 10.7. The number of hydrogen-bond acceptors (Lipinski definition) is 2. The Bertz CT molecular complexity index is 372. The van der Waals surface area contributed by atoms with Gasteiger partial charge in [-0.3, -0.25) is 5.41 Å². The maximum Gasteiger partial charge on any atom is 0.128 e. The van der Waals surface area contributed by atoms with Gasteiger partial charge in [0.2, 0.25) is 0 Å². The second-order valence-corrected chi connectivity index (χ2v) is 4.92. The van der Waals surface area contributed by atoms with E-state index in [2.05, 4.69) is 23.9 Å². The van der Waals surface area contributed by atoms with E-state index in [4.69, 9.17) is 5.41 Å². The molecule has 0 aliphatic carbocycles. The van der Waals surface area contributed by atoms with Crippen LogP contribution >= 0.6 is 0 Å². The summed E-state index contributed by atoms with van der Waals surface area (Å²) in [6, 6.07) is 10.6. The minimum absolute atomic E-state index is 0.577. The van der Waals surface area contributed by atoms with Crippen molar-refractivity contribution in [2.24, 2.45) is 0 Å². The van der Waals surface area contributed by atoms with Crippen LogP contribution in [-0.2, 0) is 0 Å². The molecule has 3 nitrogen and oxygen atoms in total. The Morgan fingerprint density at radius 3 is 2.65 bits per heavy atom. The molecule has 0 aromatic heterocycles. The first-order valence-corrected chi connectivity index (χ1v) is 6.24. The molecule has 3 heteroatoms. The Morgan fingerprint density at radius 2 is 2.00 bits per heavy atom. The lowest BCUT2D eigenvalue weighted by Crippen LogP contribution is -2.47. The Morgan fingerprint density at radius 1 is 1.29 bits per heavy atom. The summed E-state index contributed by atoms with van der Waals surface area (Å²) in [5.41, 5.74) is 1.02. The number of amidine groups is 1. The highest BCUT2D eigenvalue weighted by molar-refractivity contribution is 5.96. The smallest absolute Gasteiger partial charge is 0.128 e. The third kappa shape index (κ3) is 2.86. The molecule has 0 saturated carbocycles. The molecule has 2 rings (SSSR count). The summed E-state index contributed by atoms with van der Waals surface area (Å²) in [6.07, 6.45) is 2.42. The van der Waals surface area contributed by atoms with Gasteiger partial charge >= 0.3 is 0 Å². The largest absolute Gasteiger partial charge is 0.355 e. The van der Waals surface area contributed by atoms with Crippen LogP contribution in [0.2, 0.25) is 0 Å². The summed E-state index contributed by atoms with van der Waals surface area (Å²) in [4.78, 5) is 4.47. The van der Waals surface area contributed by atoms with Crippen molar-refractivity contribution in [3.63, 3.8) is 0 Å². The molecule has 92 valence electrons. The van der Waals surface area contributed by atoms with Crippen LogP contribution in [0.5, 0.6) is 0 Å². The van der Waals surface area contributed by atoms with Crippen molar-refractivity contribution < 1.29 is 0 Å². The van der Waals surface area contributed by atoms with Gasteiger partial charge in [-0.1, -0.05) is 30.3 Å². The topological polar surface area (TPSA) is 30.3 Å². The zero-order chi connectivity index (χ0) is 12.3. The first kappa shape index (κ1) is 12.1. The van der Waals surface area contributed by atoms with Crippen molar-refractivity contribution in [1.82, 2.24) is 9.80 Å². The predicted molar refractivity (Wildman–Crippen MR) is 71.6 cm³/mol. The van der Waals surface area contributed by atoms with Gasteiger partial charge in [0, 0.05) is 24.7 Å². The number of likely N-dealkylation sites (tertiary alicyclic amines) is 1. The summed E-state index contributed by atoms with van der Waals surface area (Å²) in [5.74, 6) is 0.664. The van der Waals surface area contributed by atoms with Crippen LogP contribution in [0, 0.1) is 5.41 Å². The molecule has 0 radical (unpaired) electrons. The lowest BCUT2D eigenvalue weighted by atomic mass is 10.0. The van der Waals surface area contributed by atoms with Crippen LogP contribution in [0.1, 0.15) is 18.4 Å². The van der Waals surface area contributed by atoms with Crippen LogP contribution in [0.15, 0.2) is 30.3 Å². The molecule has 1 heterocycles. The summed E-state index contributed by atoms with van der Waals surface area (Å²) in [5, 5.41) is 8.26. The summed E-state index contributed by atoms with van der Waals surface area (Å²) in [7, 11) is 4.25. The van der Waals surface area contributed by atoms with E-state index in [0.29, 0.717) is 11.9 Å². The second-order valence-electron chi connectivity index (χ2n) is 4.92. The molecule has 0 spiro atoms. The van der Waals surface area contributed by atoms with Crippen LogP contribution in [0.3, 0.4) is 0 Å². The van der Waals surface area contributed by atoms with Crippen molar-refractivity contribution >= 4 is 5.84 Å². The van der Waals surface area contributed by atoms with Crippen molar-refractivity contribution in [3.8, 4) is 0 Å². The average molecular weight is 231 g/mol. The molecule has 0 amide bonds. The molecule has 1 aliphatic heterocycles. The minimum Gasteiger partial charge on any atom is -0.355 e. The number of nitrogens with one attached hydrogen (secondary N) is 1. The monoisotopic (exact) mass is 231 g/mol. The van der Waals surface area contributed by atoms with Crippen molar-refractivity contribution in [1.29, 1.82) is 5.41 Å². The van der Waals surface area contributed by atoms with E-state index in [1.54, 1.807) is 0 Å². The molecule has 1 aliphatic rings. The van der Waals surface area contributed by atoms with Gasteiger partial charge in [-0.05, 0) is 26.9 Å². The van der Waals surface area contributed by atoms with Gasteiger partial charge in [0.05, 0.1) is 0 Å². The van der Waals surface area contributed by atoms with Crippen LogP contribution in [0.25, 0.3) is 0 Å². The van der Waals surface area contributed by atoms with Gasteiger partial charge in [-0.2, -0.15) is 0 Å². The zero-order valence-corrected chi connectivity index (χ0v) is 10.7. The number of benzene rings is 1. The van der Waals surface area contributed by atoms with Crippen LogP contribution in [0.4, 0.5) is 0 Å². The highest BCUT2D eigenvalue weighted by atomic mass is 15.2. The number of likely N-dealkylation sites (N-methyl/N-ethyl adjacent to an activating group) is 1. The third-order valence-corrected chi connectivity index (χ3v) is 3.49. The molecule has 1 aromatic carbocycles. The van der Waals surface area contributed by atoms with Gasteiger partial charge in [-0.25, -0.2) is 0 Å². The minimum atomic E-state index is 0.577. The third-order valence-electron chi connectivity index (χ3n) is 3.49. The number of rotatable bonds is 2. The Kier molecular flexibility index (Phi) is 3.79. The van der Waals surface area contributed by atoms with Gasteiger partial charge in [-0.15, -0.1) is 0 Å². The molecule has 0 bridgehead atoms. The van der Waals surface area contributed by atoms with E-state index in [1.165, 1.54) is 12.8 Å². The quantitative estimate of drug-likeness (QED) is 0.623. The van der Waals surface area contributed by atoms with Gasteiger partial charge in [0.15, 0.2) is 0 Å². The van der Waals surface area contributed by atoms with E-state index in [1.807, 2.05) is 30.3 Å². The Balaban J connectivity index is 2.05. The summed E-state index contributed by atoms with van der Waals surface area (Å²) >= 11 is 0. The fourth-order valence-corrected chi connectivity index (χ4v) is 2.36. The standard InChI is InChI=1S/C14H21N3/c1-16(2)13-9-6-10-17(11-13)14(15)12-7-4-3-5-8-12/h3-5,7-8,13,15H,6,9-11H2,1-2H3. The molecule has 1 unspecified atom stereocenters. The Labute approximate surface area is 104 Å². The van der Waals surface area contributed by atoms with Crippen molar-refractivity contribution in [2.75, 3.05) is 27.2 Å². The van der Waals surface area contributed by atoms with E-state index in [-0.39, 0.29) is 0 Å². The molecular weight excluding hydrogens is 210 g/mol. The van der Waals surface area contributed by atoms with Gasteiger partial charge in [0.25, 0.3) is 0 Å². The second kappa shape index (κ2) is 5.32. The molecule has 17 heavy (non-hydrogen) atoms. The Hall–Kier alpha value is -1.35. The molecule has 1 aromatic rings. The first-order chi connectivity index (χ1) is 8.18. The fourth-order valence-electron chi connectivity index (χ4n) is 2.36. The number of hydrogen-bond donors (Lipinski definition) is 1. The normalized spacial score (nSPS) is 20.6. The number of nitrogens with zero attached hydrogens (tertiary/aromatic N) is 2. The molecular formula is C14H21N3.